The Morgan fingerprint density at radius 1 is 1.20 bits per heavy atom. The first-order valence-electron chi connectivity index (χ1n) is 6.41. The lowest BCUT2D eigenvalue weighted by Crippen LogP contribution is -2.24. The summed E-state index contributed by atoms with van der Waals surface area (Å²) in [6.45, 7) is 1.77. The van der Waals surface area contributed by atoms with Crippen LogP contribution in [0.3, 0.4) is 0 Å². The molecule has 1 aromatic heterocycles. The Hall–Kier alpha value is -1.59. The number of furan rings is 1. The van der Waals surface area contributed by atoms with E-state index in [1.54, 1.807) is 12.1 Å². The first kappa shape index (κ1) is 14.8. The molecule has 2 rings (SSSR count). The normalized spacial score (nSPS) is 10.4. The number of amides is 1. The van der Waals surface area contributed by atoms with Gasteiger partial charge in [0.05, 0.1) is 6.61 Å². The number of benzene rings is 1. The number of carbonyl (C=O) groups excluding carboxylic acids is 1. The molecule has 0 aliphatic carbocycles. The highest BCUT2D eigenvalue weighted by atomic mass is 79.9. The van der Waals surface area contributed by atoms with E-state index in [-0.39, 0.29) is 5.91 Å². The molecule has 0 aliphatic heterocycles. The second-order valence-corrected chi connectivity index (χ2v) is 5.03. The maximum Gasteiger partial charge on any atom is 0.287 e. The SMILES string of the molecule is O=C(NCCCOCc1ccccc1)c1ccc(Br)o1. The van der Waals surface area contributed by atoms with Crippen molar-refractivity contribution >= 4 is 21.8 Å². The molecule has 5 heteroatoms. The maximum absolute atomic E-state index is 11.6. The maximum atomic E-state index is 11.6. The Morgan fingerprint density at radius 3 is 2.70 bits per heavy atom. The number of ether oxygens (including phenoxy) is 1. The molecule has 0 saturated heterocycles. The van der Waals surface area contributed by atoms with Gasteiger partial charge in [0.2, 0.25) is 0 Å². The first-order chi connectivity index (χ1) is 9.75. The molecule has 0 radical (unpaired) electrons. The van der Waals surface area contributed by atoms with E-state index in [0.29, 0.717) is 30.2 Å². The number of nitrogens with one attached hydrogen (secondary N) is 1. The summed E-state index contributed by atoms with van der Waals surface area (Å²) < 4.78 is 11.2. The lowest BCUT2D eigenvalue weighted by molar-refractivity contribution is 0.0907. The first-order valence-corrected chi connectivity index (χ1v) is 7.20. The third-order valence-electron chi connectivity index (χ3n) is 2.66. The fraction of sp³-hybridized carbons (Fsp3) is 0.267. The van der Waals surface area contributed by atoms with Gasteiger partial charge >= 0.3 is 0 Å². The molecule has 0 aliphatic rings. The quantitative estimate of drug-likeness (QED) is 0.788. The second-order valence-electron chi connectivity index (χ2n) is 4.25. The minimum atomic E-state index is -0.209. The van der Waals surface area contributed by atoms with Crippen LogP contribution in [0.25, 0.3) is 0 Å². The predicted octanol–water partition coefficient (Wildman–Crippen LogP) is 3.38. The molecule has 1 heterocycles. The van der Waals surface area contributed by atoms with Crippen molar-refractivity contribution in [2.24, 2.45) is 0 Å². The third kappa shape index (κ3) is 4.83. The van der Waals surface area contributed by atoms with Crippen molar-refractivity contribution in [3.63, 3.8) is 0 Å². The smallest absolute Gasteiger partial charge is 0.287 e. The average Bonchev–Trinajstić information content (AvgIpc) is 2.90. The summed E-state index contributed by atoms with van der Waals surface area (Å²) in [5.41, 5.74) is 1.15. The van der Waals surface area contributed by atoms with E-state index in [2.05, 4.69) is 21.2 Å². The average molecular weight is 338 g/mol. The lowest BCUT2D eigenvalue weighted by atomic mass is 10.2. The van der Waals surface area contributed by atoms with E-state index >= 15 is 0 Å². The van der Waals surface area contributed by atoms with Crippen molar-refractivity contribution in [1.82, 2.24) is 5.32 Å². The van der Waals surface area contributed by atoms with E-state index in [9.17, 15) is 4.79 Å². The molecule has 106 valence electrons. The highest BCUT2D eigenvalue weighted by Gasteiger charge is 2.08. The molecule has 1 aromatic carbocycles. The van der Waals surface area contributed by atoms with Gasteiger partial charge in [0, 0.05) is 13.2 Å². The summed E-state index contributed by atoms with van der Waals surface area (Å²) in [4.78, 5) is 11.6. The van der Waals surface area contributed by atoms with Crippen LogP contribution in [0.1, 0.15) is 22.5 Å². The molecular weight excluding hydrogens is 322 g/mol. The zero-order chi connectivity index (χ0) is 14.2. The predicted molar refractivity (Wildman–Crippen MR) is 79.5 cm³/mol. The zero-order valence-electron chi connectivity index (χ0n) is 11.0. The number of rotatable bonds is 7. The molecule has 0 atom stereocenters. The van der Waals surface area contributed by atoms with Crippen LogP contribution in [0, 0.1) is 0 Å². The number of carbonyl (C=O) groups is 1. The van der Waals surface area contributed by atoms with Crippen LogP contribution < -0.4 is 5.32 Å². The van der Waals surface area contributed by atoms with Crippen molar-refractivity contribution in [2.75, 3.05) is 13.2 Å². The minimum absolute atomic E-state index is 0.209. The summed E-state index contributed by atoms with van der Waals surface area (Å²) in [5.74, 6) is 0.0980. The summed E-state index contributed by atoms with van der Waals surface area (Å²) in [6, 6.07) is 13.3. The topological polar surface area (TPSA) is 51.5 Å². The zero-order valence-corrected chi connectivity index (χ0v) is 12.6. The van der Waals surface area contributed by atoms with Crippen molar-refractivity contribution in [3.8, 4) is 0 Å². The van der Waals surface area contributed by atoms with E-state index in [0.717, 1.165) is 12.0 Å². The van der Waals surface area contributed by atoms with Gasteiger partial charge in [-0.1, -0.05) is 30.3 Å². The number of halogens is 1. The van der Waals surface area contributed by atoms with E-state index in [4.69, 9.17) is 9.15 Å². The molecular formula is C15H16BrNO3. The standard InChI is InChI=1S/C15H16BrNO3/c16-14-8-7-13(20-14)15(18)17-9-4-10-19-11-12-5-2-1-3-6-12/h1-3,5-8H,4,9-11H2,(H,17,18). The Kier molecular flexibility index (Phi) is 5.83. The largest absolute Gasteiger partial charge is 0.444 e. The van der Waals surface area contributed by atoms with Gasteiger partial charge in [-0.05, 0) is 40.0 Å². The fourth-order valence-corrected chi connectivity index (χ4v) is 1.97. The van der Waals surface area contributed by atoms with Crippen LogP contribution in [0.4, 0.5) is 0 Å². The highest BCUT2D eigenvalue weighted by Crippen LogP contribution is 2.13. The van der Waals surface area contributed by atoms with Crippen LogP contribution in [-0.4, -0.2) is 19.1 Å². The molecule has 0 unspecified atom stereocenters. The van der Waals surface area contributed by atoms with Crippen LogP contribution in [0.5, 0.6) is 0 Å². The molecule has 0 bridgehead atoms. The van der Waals surface area contributed by atoms with E-state index in [1.807, 2.05) is 30.3 Å². The van der Waals surface area contributed by atoms with E-state index < -0.39 is 0 Å². The van der Waals surface area contributed by atoms with Gasteiger partial charge < -0.3 is 14.5 Å². The monoisotopic (exact) mass is 337 g/mol. The van der Waals surface area contributed by atoms with Crippen LogP contribution in [0.15, 0.2) is 51.6 Å². The van der Waals surface area contributed by atoms with Crippen molar-refractivity contribution in [1.29, 1.82) is 0 Å². The van der Waals surface area contributed by atoms with Gasteiger partial charge in [-0.3, -0.25) is 4.79 Å². The number of hydrogen-bond acceptors (Lipinski definition) is 3. The van der Waals surface area contributed by atoms with Gasteiger partial charge in [0.1, 0.15) is 0 Å². The molecule has 0 saturated carbocycles. The molecule has 0 fully saturated rings. The van der Waals surface area contributed by atoms with Crippen LogP contribution >= 0.6 is 15.9 Å². The summed E-state index contributed by atoms with van der Waals surface area (Å²) >= 11 is 3.16. The second kappa shape index (κ2) is 7.87. The Labute approximate surface area is 126 Å². The highest BCUT2D eigenvalue weighted by molar-refractivity contribution is 9.10. The summed E-state index contributed by atoms with van der Waals surface area (Å²) in [6.07, 6.45) is 0.764. The third-order valence-corrected chi connectivity index (χ3v) is 3.09. The van der Waals surface area contributed by atoms with Crippen molar-refractivity contribution < 1.29 is 13.9 Å². The van der Waals surface area contributed by atoms with Gasteiger partial charge in [0.25, 0.3) is 5.91 Å². The van der Waals surface area contributed by atoms with Gasteiger partial charge in [-0.2, -0.15) is 0 Å². The van der Waals surface area contributed by atoms with Crippen LogP contribution in [0.2, 0.25) is 0 Å². The van der Waals surface area contributed by atoms with Crippen molar-refractivity contribution in [3.05, 3.63) is 58.5 Å². The molecule has 4 nitrogen and oxygen atoms in total. The van der Waals surface area contributed by atoms with Crippen LogP contribution in [-0.2, 0) is 11.3 Å². The van der Waals surface area contributed by atoms with Crippen molar-refractivity contribution in [2.45, 2.75) is 13.0 Å². The Balaban J connectivity index is 1.57. The summed E-state index contributed by atoms with van der Waals surface area (Å²) in [7, 11) is 0. The Bertz CT molecular complexity index is 539. The molecule has 0 spiro atoms. The lowest BCUT2D eigenvalue weighted by Gasteiger charge is -2.05. The summed E-state index contributed by atoms with van der Waals surface area (Å²) in [5, 5.41) is 2.78. The van der Waals surface area contributed by atoms with Gasteiger partial charge in [-0.25, -0.2) is 0 Å². The Morgan fingerprint density at radius 2 is 2.00 bits per heavy atom. The molecule has 1 amide bonds. The van der Waals surface area contributed by atoms with Gasteiger partial charge in [0.15, 0.2) is 10.4 Å². The van der Waals surface area contributed by atoms with E-state index in [1.165, 1.54) is 0 Å². The molecule has 20 heavy (non-hydrogen) atoms. The molecule has 2 aromatic rings. The fourth-order valence-electron chi connectivity index (χ4n) is 1.66. The molecule has 1 N–H and O–H groups in total. The number of hydrogen-bond donors (Lipinski definition) is 1. The van der Waals surface area contributed by atoms with Gasteiger partial charge in [-0.15, -0.1) is 0 Å². The minimum Gasteiger partial charge on any atom is -0.444 e.